The monoisotopic (exact) mass is 395 g/mol. The molecular formula is C23H26ClN3O. The topological polar surface area (TPSA) is 59.2 Å². The van der Waals surface area contributed by atoms with Gasteiger partial charge in [-0.05, 0) is 54.8 Å². The van der Waals surface area contributed by atoms with Crippen molar-refractivity contribution in [2.75, 3.05) is 11.4 Å². The maximum absolute atomic E-state index is 13.2. The van der Waals surface area contributed by atoms with E-state index in [1.54, 1.807) is 11.1 Å². The number of rotatable bonds is 6. The molecule has 1 aromatic heterocycles. The molecule has 3 rings (SSSR count). The van der Waals surface area contributed by atoms with Crippen LogP contribution in [0.2, 0.25) is 0 Å². The molecule has 0 bridgehead atoms. The van der Waals surface area contributed by atoms with Crippen LogP contribution >= 0.6 is 12.4 Å². The molecule has 2 N–H and O–H groups in total. The summed E-state index contributed by atoms with van der Waals surface area (Å²) in [5, 5.41) is 0. The van der Waals surface area contributed by atoms with E-state index in [1.807, 2.05) is 66.7 Å². The van der Waals surface area contributed by atoms with E-state index in [1.165, 1.54) is 5.56 Å². The minimum Gasteiger partial charge on any atom is -0.316 e. The van der Waals surface area contributed by atoms with Crippen molar-refractivity contribution in [2.45, 2.75) is 26.3 Å². The van der Waals surface area contributed by atoms with Gasteiger partial charge in [-0.3, -0.25) is 9.78 Å². The van der Waals surface area contributed by atoms with Crippen LogP contribution in [0.15, 0.2) is 72.9 Å². The van der Waals surface area contributed by atoms with Crippen molar-refractivity contribution in [3.05, 3.63) is 95.3 Å². The molecule has 28 heavy (non-hydrogen) atoms. The van der Waals surface area contributed by atoms with E-state index in [2.05, 4.69) is 18.8 Å². The molecule has 0 aliphatic rings. The molecule has 5 heteroatoms. The van der Waals surface area contributed by atoms with Crippen molar-refractivity contribution in [1.82, 2.24) is 4.98 Å². The third-order valence-corrected chi connectivity index (χ3v) is 4.81. The van der Waals surface area contributed by atoms with Crippen LogP contribution in [0.25, 0.3) is 0 Å². The molecule has 0 radical (unpaired) electrons. The lowest BCUT2D eigenvalue weighted by Gasteiger charge is -2.26. The highest BCUT2D eigenvalue weighted by Crippen LogP contribution is 2.23. The second-order valence-corrected chi connectivity index (χ2v) is 6.72. The summed E-state index contributed by atoms with van der Waals surface area (Å²) in [7, 11) is 0. The Morgan fingerprint density at radius 1 is 1.00 bits per heavy atom. The highest BCUT2D eigenvalue weighted by Gasteiger charge is 2.24. The fourth-order valence-electron chi connectivity index (χ4n) is 3.00. The smallest absolute Gasteiger partial charge is 0.248 e. The summed E-state index contributed by atoms with van der Waals surface area (Å²) in [5.74, 6) is -0.111. The fourth-order valence-corrected chi connectivity index (χ4v) is 3.00. The molecule has 0 saturated carbocycles. The molecule has 2 aromatic carbocycles. The molecule has 0 aliphatic carbocycles. The molecule has 0 fully saturated rings. The van der Waals surface area contributed by atoms with E-state index in [0.717, 1.165) is 22.5 Å². The van der Waals surface area contributed by atoms with Gasteiger partial charge in [0.25, 0.3) is 0 Å². The number of nitrogens with two attached hydrogens (primary N) is 1. The summed E-state index contributed by atoms with van der Waals surface area (Å²) in [5.41, 5.74) is 11.3. The van der Waals surface area contributed by atoms with Gasteiger partial charge < -0.3 is 10.6 Å². The Kier molecular flexibility index (Phi) is 7.73. The Hall–Kier alpha value is -2.69. The van der Waals surface area contributed by atoms with Gasteiger partial charge in [0, 0.05) is 30.5 Å². The Morgan fingerprint density at radius 2 is 1.71 bits per heavy atom. The van der Waals surface area contributed by atoms with Crippen molar-refractivity contribution in [2.24, 2.45) is 5.73 Å². The zero-order chi connectivity index (χ0) is 19.2. The Balaban J connectivity index is 0.00000280. The normalized spacial score (nSPS) is 11.4. The molecule has 1 atom stereocenters. The molecule has 0 unspecified atom stereocenters. The van der Waals surface area contributed by atoms with Gasteiger partial charge in [0.1, 0.15) is 6.04 Å². The minimum absolute atomic E-state index is 0. The zero-order valence-corrected chi connectivity index (χ0v) is 17.0. The first kappa shape index (κ1) is 21.6. The van der Waals surface area contributed by atoms with Gasteiger partial charge in [0.15, 0.2) is 0 Å². The lowest BCUT2D eigenvalue weighted by molar-refractivity contribution is -0.120. The van der Waals surface area contributed by atoms with Crippen LogP contribution in [-0.4, -0.2) is 17.4 Å². The van der Waals surface area contributed by atoms with Crippen LogP contribution < -0.4 is 10.6 Å². The molecule has 0 saturated heterocycles. The molecule has 1 heterocycles. The fraction of sp³-hybridized carbons (Fsp3) is 0.217. The summed E-state index contributed by atoms with van der Waals surface area (Å²) < 4.78 is 0. The van der Waals surface area contributed by atoms with E-state index in [0.29, 0.717) is 13.0 Å². The van der Waals surface area contributed by atoms with Crippen molar-refractivity contribution in [1.29, 1.82) is 0 Å². The molecule has 0 spiro atoms. The molecule has 3 aromatic rings. The number of pyridine rings is 1. The van der Waals surface area contributed by atoms with Crippen LogP contribution in [0.5, 0.6) is 0 Å². The number of carbonyl (C=O) groups is 1. The first-order valence-corrected chi connectivity index (χ1v) is 9.15. The van der Waals surface area contributed by atoms with Crippen LogP contribution in [0.4, 0.5) is 5.69 Å². The number of benzene rings is 2. The third-order valence-electron chi connectivity index (χ3n) is 4.81. The number of hydrogen-bond donors (Lipinski definition) is 1. The number of halogens is 1. The average molecular weight is 396 g/mol. The van der Waals surface area contributed by atoms with Gasteiger partial charge in [-0.2, -0.15) is 0 Å². The van der Waals surface area contributed by atoms with Gasteiger partial charge in [-0.1, -0.05) is 42.5 Å². The van der Waals surface area contributed by atoms with E-state index in [9.17, 15) is 4.79 Å². The number of amides is 1. The Labute approximate surface area is 172 Å². The second-order valence-electron chi connectivity index (χ2n) is 6.72. The maximum atomic E-state index is 13.2. The van der Waals surface area contributed by atoms with Crippen molar-refractivity contribution in [3.8, 4) is 0 Å². The SMILES string of the molecule is Cc1ccc(N(CCc2ccccn2)C(=O)[C@@H](N)c2ccccc2)cc1C.Cl. The average Bonchev–Trinajstić information content (AvgIpc) is 2.71. The molecule has 1 amide bonds. The Morgan fingerprint density at radius 3 is 2.36 bits per heavy atom. The maximum Gasteiger partial charge on any atom is 0.248 e. The van der Waals surface area contributed by atoms with Gasteiger partial charge in [-0.15, -0.1) is 12.4 Å². The number of nitrogens with zero attached hydrogens (tertiary/aromatic N) is 2. The molecule has 146 valence electrons. The Bertz CT molecular complexity index is 900. The summed E-state index contributed by atoms with van der Waals surface area (Å²) >= 11 is 0. The predicted octanol–water partition coefficient (Wildman–Crippen LogP) is 4.40. The van der Waals surface area contributed by atoms with Gasteiger partial charge in [0.05, 0.1) is 0 Å². The highest BCUT2D eigenvalue weighted by molar-refractivity contribution is 5.97. The highest BCUT2D eigenvalue weighted by atomic mass is 35.5. The summed E-state index contributed by atoms with van der Waals surface area (Å²) in [6.07, 6.45) is 2.44. The van der Waals surface area contributed by atoms with Crippen molar-refractivity contribution in [3.63, 3.8) is 0 Å². The van der Waals surface area contributed by atoms with Gasteiger partial charge in [0.2, 0.25) is 5.91 Å². The van der Waals surface area contributed by atoms with Gasteiger partial charge >= 0.3 is 0 Å². The summed E-state index contributed by atoms with van der Waals surface area (Å²) in [6, 6.07) is 20.7. The molecule has 0 aliphatic heterocycles. The number of anilines is 1. The van der Waals surface area contributed by atoms with Crippen molar-refractivity contribution >= 4 is 24.0 Å². The van der Waals surface area contributed by atoms with Crippen LogP contribution in [0.3, 0.4) is 0 Å². The standard InChI is InChI=1S/C23H25N3O.ClH/c1-17-11-12-21(16-18(17)2)26(15-13-20-10-6-7-14-25-20)23(27)22(24)19-8-4-3-5-9-19;/h3-12,14,16,22H,13,15,24H2,1-2H3;1H/t22-;/m0./s1. The lowest BCUT2D eigenvalue weighted by Crippen LogP contribution is -2.40. The van der Waals surface area contributed by atoms with E-state index >= 15 is 0 Å². The summed E-state index contributed by atoms with van der Waals surface area (Å²) in [4.78, 5) is 19.4. The van der Waals surface area contributed by atoms with Gasteiger partial charge in [-0.25, -0.2) is 0 Å². The first-order chi connectivity index (χ1) is 13.1. The number of aromatic nitrogens is 1. The van der Waals surface area contributed by atoms with E-state index < -0.39 is 6.04 Å². The zero-order valence-electron chi connectivity index (χ0n) is 16.2. The minimum atomic E-state index is -0.698. The van der Waals surface area contributed by atoms with Crippen LogP contribution in [0, 0.1) is 13.8 Å². The van der Waals surface area contributed by atoms with Crippen molar-refractivity contribution < 1.29 is 4.79 Å². The number of carbonyl (C=O) groups excluding carboxylic acids is 1. The van der Waals surface area contributed by atoms with E-state index in [-0.39, 0.29) is 18.3 Å². The van der Waals surface area contributed by atoms with Crippen LogP contribution in [0.1, 0.15) is 28.4 Å². The quantitative estimate of drug-likeness (QED) is 0.673. The number of hydrogen-bond acceptors (Lipinski definition) is 3. The number of aryl methyl sites for hydroxylation is 2. The largest absolute Gasteiger partial charge is 0.316 e. The lowest BCUT2D eigenvalue weighted by atomic mass is 10.0. The molecular weight excluding hydrogens is 370 g/mol. The van der Waals surface area contributed by atoms with Crippen LogP contribution in [-0.2, 0) is 11.2 Å². The third kappa shape index (κ3) is 5.18. The second kappa shape index (κ2) is 10.0. The molecule has 4 nitrogen and oxygen atoms in total. The first-order valence-electron chi connectivity index (χ1n) is 9.15. The van der Waals surface area contributed by atoms with E-state index in [4.69, 9.17) is 5.73 Å². The summed E-state index contributed by atoms with van der Waals surface area (Å²) in [6.45, 7) is 4.64. The predicted molar refractivity (Wildman–Crippen MR) is 117 cm³/mol.